The van der Waals surface area contributed by atoms with E-state index in [0.29, 0.717) is 6.54 Å². The average Bonchev–Trinajstić information content (AvgIpc) is 2.83. The van der Waals surface area contributed by atoms with Gasteiger partial charge in [0, 0.05) is 30.2 Å². The third-order valence-electron chi connectivity index (χ3n) is 3.28. The lowest BCUT2D eigenvalue weighted by molar-refractivity contribution is -0.124. The Bertz CT molecular complexity index is 591. The maximum atomic E-state index is 11.9. The molecule has 1 fully saturated rings. The van der Waals surface area contributed by atoms with Gasteiger partial charge in [-0.15, -0.1) is 0 Å². The van der Waals surface area contributed by atoms with Crippen LogP contribution in [0.15, 0.2) is 24.4 Å². The van der Waals surface area contributed by atoms with Crippen molar-refractivity contribution in [1.29, 1.82) is 0 Å². The fourth-order valence-electron chi connectivity index (χ4n) is 2.41. The topological polar surface area (TPSA) is 66.2 Å². The van der Waals surface area contributed by atoms with E-state index in [9.17, 15) is 4.79 Å². The van der Waals surface area contributed by atoms with Crippen LogP contribution in [0.25, 0.3) is 10.9 Å². The minimum Gasteiger partial charge on any atom is -0.495 e. The summed E-state index contributed by atoms with van der Waals surface area (Å²) < 4.78 is 5.30. The number of nitrogens with one attached hydrogen (secondary N) is 3. The number of fused-ring (bicyclic) bond motifs is 1. The van der Waals surface area contributed by atoms with Gasteiger partial charge in [0.15, 0.2) is 0 Å². The van der Waals surface area contributed by atoms with Crippen molar-refractivity contribution in [3.63, 3.8) is 0 Å². The van der Waals surface area contributed by atoms with Crippen LogP contribution in [0.5, 0.6) is 5.75 Å². The summed E-state index contributed by atoms with van der Waals surface area (Å²) in [4.78, 5) is 15.1. The van der Waals surface area contributed by atoms with Gasteiger partial charge in [0.2, 0.25) is 5.91 Å². The van der Waals surface area contributed by atoms with Gasteiger partial charge in [-0.2, -0.15) is 0 Å². The van der Waals surface area contributed by atoms with Gasteiger partial charge in [-0.1, -0.05) is 12.1 Å². The number of benzene rings is 1. The van der Waals surface area contributed by atoms with Gasteiger partial charge in [-0.3, -0.25) is 4.79 Å². The summed E-state index contributed by atoms with van der Waals surface area (Å²) in [7, 11) is 1.64. The Kier molecular flexibility index (Phi) is 2.68. The largest absolute Gasteiger partial charge is 0.495 e. The summed E-state index contributed by atoms with van der Waals surface area (Å²) in [5, 5.41) is 7.11. The molecule has 1 aliphatic heterocycles. The minimum absolute atomic E-state index is 0.0185. The fraction of sp³-hybridized carbons (Fsp3) is 0.308. The fourth-order valence-corrected chi connectivity index (χ4v) is 2.41. The number of hydrogen-bond acceptors (Lipinski definition) is 3. The van der Waals surface area contributed by atoms with Crippen LogP contribution in [-0.4, -0.2) is 31.1 Å². The minimum atomic E-state index is -0.292. The van der Waals surface area contributed by atoms with Crippen molar-refractivity contribution in [2.24, 2.45) is 0 Å². The maximum Gasteiger partial charge on any atom is 0.241 e. The summed E-state index contributed by atoms with van der Waals surface area (Å²) in [6.07, 6.45) is 1.87. The second kappa shape index (κ2) is 4.34. The van der Waals surface area contributed by atoms with E-state index in [-0.39, 0.29) is 11.9 Å². The lowest BCUT2D eigenvalue weighted by atomic mass is 10.0. The molecule has 1 amide bonds. The molecule has 2 heterocycles. The summed E-state index contributed by atoms with van der Waals surface area (Å²) >= 11 is 0. The number of methoxy groups -OCH3 is 1. The van der Waals surface area contributed by atoms with Gasteiger partial charge in [0.05, 0.1) is 12.6 Å². The first-order chi connectivity index (χ1) is 8.81. The van der Waals surface area contributed by atoms with E-state index >= 15 is 0 Å². The molecule has 3 N–H and O–H groups in total. The van der Waals surface area contributed by atoms with Gasteiger partial charge < -0.3 is 20.4 Å². The van der Waals surface area contributed by atoms with Crippen LogP contribution in [0.3, 0.4) is 0 Å². The van der Waals surface area contributed by atoms with Crippen LogP contribution < -0.4 is 15.4 Å². The Morgan fingerprint density at radius 3 is 3.00 bits per heavy atom. The van der Waals surface area contributed by atoms with Crippen molar-refractivity contribution in [1.82, 2.24) is 15.6 Å². The number of carbonyl (C=O) groups is 1. The van der Waals surface area contributed by atoms with E-state index in [2.05, 4.69) is 15.6 Å². The van der Waals surface area contributed by atoms with E-state index in [1.807, 2.05) is 24.4 Å². The molecule has 1 atom stereocenters. The molecule has 94 valence electrons. The number of carbonyl (C=O) groups excluding carboxylic acids is 1. The van der Waals surface area contributed by atoms with Crippen molar-refractivity contribution in [2.45, 2.75) is 6.04 Å². The zero-order chi connectivity index (χ0) is 12.5. The monoisotopic (exact) mass is 245 g/mol. The molecule has 1 unspecified atom stereocenters. The summed E-state index contributed by atoms with van der Waals surface area (Å²) in [5.74, 6) is 0.805. The normalized spacial score (nSPS) is 19.8. The molecule has 0 aliphatic carbocycles. The zero-order valence-electron chi connectivity index (χ0n) is 10.1. The van der Waals surface area contributed by atoms with Crippen LogP contribution in [-0.2, 0) is 4.79 Å². The maximum absolute atomic E-state index is 11.9. The van der Waals surface area contributed by atoms with Crippen molar-refractivity contribution >= 4 is 16.8 Å². The summed E-state index contributed by atoms with van der Waals surface area (Å²) in [5.41, 5.74) is 1.89. The molecule has 1 aromatic carbocycles. The van der Waals surface area contributed by atoms with Crippen molar-refractivity contribution in [3.8, 4) is 5.75 Å². The standard InChI is InChI=1S/C13H15N3O2/c1-18-10-4-2-3-8-9(7-16-11(8)10)12-13(17)15-6-5-14-12/h2-4,7,12,14,16H,5-6H2,1H3,(H,15,17). The van der Waals surface area contributed by atoms with E-state index in [1.54, 1.807) is 7.11 Å². The van der Waals surface area contributed by atoms with E-state index in [0.717, 1.165) is 28.8 Å². The third-order valence-corrected chi connectivity index (χ3v) is 3.28. The molecule has 2 aromatic rings. The molecule has 5 heteroatoms. The Labute approximate surface area is 105 Å². The van der Waals surface area contributed by atoms with Crippen LogP contribution in [0.1, 0.15) is 11.6 Å². The molecule has 3 rings (SSSR count). The van der Waals surface area contributed by atoms with Gasteiger partial charge in [-0.05, 0) is 6.07 Å². The highest BCUT2D eigenvalue weighted by atomic mass is 16.5. The Balaban J connectivity index is 2.09. The number of hydrogen-bond donors (Lipinski definition) is 3. The highest BCUT2D eigenvalue weighted by molar-refractivity contribution is 5.94. The number of ether oxygens (including phenoxy) is 1. The Hall–Kier alpha value is -2.01. The lowest BCUT2D eigenvalue weighted by Crippen LogP contribution is -2.47. The second-order valence-corrected chi connectivity index (χ2v) is 4.31. The summed E-state index contributed by atoms with van der Waals surface area (Å²) in [6.45, 7) is 1.47. The number of piperazine rings is 1. The molecule has 1 saturated heterocycles. The number of aromatic nitrogens is 1. The molecule has 18 heavy (non-hydrogen) atoms. The number of aromatic amines is 1. The van der Waals surface area contributed by atoms with Gasteiger partial charge >= 0.3 is 0 Å². The van der Waals surface area contributed by atoms with Gasteiger partial charge in [-0.25, -0.2) is 0 Å². The van der Waals surface area contributed by atoms with E-state index < -0.39 is 0 Å². The first-order valence-corrected chi connectivity index (χ1v) is 5.96. The highest BCUT2D eigenvalue weighted by Crippen LogP contribution is 2.30. The van der Waals surface area contributed by atoms with E-state index in [1.165, 1.54) is 0 Å². The van der Waals surface area contributed by atoms with Crippen molar-refractivity contribution < 1.29 is 9.53 Å². The SMILES string of the molecule is COc1cccc2c(C3NCCNC3=O)c[nH]c12. The smallest absolute Gasteiger partial charge is 0.241 e. The third kappa shape index (κ3) is 1.64. The first kappa shape index (κ1) is 11.1. The molecule has 0 saturated carbocycles. The number of H-pyrrole nitrogens is 1. The van der Waals surface area contributed by atoms with Crippen LogP contribution in [0.4, 0.5) is 0 Å². The molecular formula is C13H15N3O2. The Morgan fingerprint density at radius 2 is 2.22 bits per heavy atom. The molecule has 0 radical (unpaired) electrons. The second-order valence-electron chi connectivity index (χ2n) is 4.31. The van der Waals surface area contributed by atoms with Crippen LogP contribution >= 0.6 is 0 Å². The average molecular weight is 245 g/mol. The molecular weight excluding hydrogens is 230 g/mol. The zero-order valence-corrected chi connectivity index (χ0v) is 10.1. The lowest BCUT2D eigenvalue weighted by Gasteiger charge is -2.23. The molecule has 1 aliphatic rings. The number of amides is 1. The van der Waals surface area contributed by atoms with Crippen molar-refractivity contribution in [2.75, 3.05) is 20.2 Å². The summed E-state index contributed by atoms with van der Waals surface area (Å²) in [6, 6.07) is 5.53. The van der Waals surface area contributed by atoms with E-state index in [4.69, 9.17) is 4.74 Å². The highest BCUT2D eigenvalue weighted by Gasteiger charge is 2.25. The number of para-hydroxylation sites is 1. The Morgan fingerprint density at radius 1 is 1.33 bits per heavy atom. The van der Waals surface area contributed by atoms with Crippen LogP contribution in [0, 0.1) is 0 Å². The molecule has 0 bridgehead atoms. The quantitative estimate of drug-likeness (QED) is 0.737. The number of rotatable bonds is 2. The molecule has 1 aromatic heterocycles. The first-order valence-electron chi connectivity index (χ1n) is 5.96. The predicted octanol–water partition coefficient (Wildman–Crippen LogP) is 0.937. The van der Waals surface area contributed by atoms with Crippen molar-refractivity contribution in [3.05, 3.63) is 30.0 Å². The predicted molar refractivity (Wildman–Crippen MR) is 68.6 cm³/mol. The van der Waals surface area contributed by atoms with Gasteiger partial charge in [0.1, 0.15) is 11.8 Å². The molecule has 0 spiro atoms. The molecule has 5 nitrogen and oxygen atoms in total. The van der Waals surface area contributed by atoms with Gasteiger partial charge in [0.25, 0.3) is 0 Å². The van der Waals surface area contributed by atoms with Crippen LogP contribution in [0.2, 0.25) is 0 Å².